The monoisotopic (exact) mass is 178 g/mol. The molecule has 0 N–H and O–H groups in total. The van der Waals surface area contributed by atoms with E-state index >= 15 is 0 Å². The molecular formula is H3InO2Si. The van der Waals surface area contributed by atoms with Gasteiger partial charge in [0.05, 0.1) is 0 Å². The van der Waals surface area contributed by atoms with Gasteiger partial charge in [0.2, 0.25) is 0 Å². The van der Waals surface area contributed by atoms with Crippen molar-refractivity contribution in [1.82, 2.24) is 0 Å². The van der Waals surface area contributed by atoms with Crippen molar-refractivity contribution in [3.05, 3.63) is 0 Å². The van der Waals surface area contributed by atoms with E-state index in [2.05, 4.69) is 0 Å². The molecule has 0 spiro atoms. The number of hydrogen-bond acceptors (Lipinski definition) is 2. The van der Waals surface area contributed by atoms with Crippen molar-refractivity contribution >= 4 is 35.1 Å². The molecule has 0 aliphatic carbocycles. The van der Waals surface area contributed by atoms with Gasteiger partial charge in [-0.15, -0.1) is 0 Å². The summed E-state index contributed by atoms with van der Waals surface area (Å²) < 4.78 is 16.8. The molecular weight excluding hydrogens is 175 g/mol. The summed E-state index contributed by atoms with van der Waals surface area (Å²) in [6.07, 6.45) is 0. The van der Waals surface area contributed by atoms with Crippen LogP contribution in [0, 0.1) is 0 Å². The molecule has 0 atom stereocenters. The first-order valence-electron chi connectivity index (χ1n) is 0.408. The fourth-order valence-electron chi connectivity index (χ4n) is 0. The van der Waals surface area contributed by atoms with E-state index in [9.17, 15) is 0 Å². The average Bonchev–Trinajstić information content (AvgIpc) is 0.918. The second kappa shape index (κ2) is 9.35. The van der Waals surface area contributed by atoms with Crippen LogP contribution in [-0.2, 0) is 8.92 Å². The Balaban J connectivity index is 0. The van der Waals surface area contributed by atoms with Gasteiger partial charge in [-0.3, -0.25) is 8.92 Å². The molecule has 0 saturated carbocycles. The van der Waals surface area contributed by atoms with Crippen molar-refractivity contribution in [1.29, 1.82) is 0 Å². The third-order valence-electron chi connectivity index (χ3n) is 0. The standard InChI is InChI=1S/In.O2Si.3H/c;1-3-2;;;. The van der Waals surface area contributed by atoms with Crippen LogP contribution in [0.5, 0.6) is 0 Å². The Bertz CT molecular complexity index is 27.0. The Morgan fingerprint density at radius 2 is 1.25 bits per heavy atom. The second-order valence-corrected chi connectivity index (χ2v) is 0.250. The number of rotatable bonds is 0. The normalized spacial score (nSPS) is 2.00. The molecule has 0 fully saturated rings. The number of hydrogen-bond donors (Lipinski definition) is 0. The Morgan fingerprint density at radius 1 is 1.25 bits per heavy atom. The molecule has 0 unspecified atom stereocenters. The molecule has 0 saturated heterocycles. The third-order valence-corrected chi connectivity index (χ3v) is 0. The van der Waals surface area contributed by atoms with Crippen molar-refractivity contribution in [2.24, 2.45) is 0 Å². The topological polar surface area (TPSA) is 34.1 Å². The molecule has 0 amide bonds. The van der Waals surface area contributed by atoms with Crippen molar-refractivity contribution in [2.45, 2.75) is 0 Å². The van der Waals surface area contributed by atoms with Gasteiger partial charge in [-0.2, -0.15) is 0 Å². The quantitative estimate of drug-likeness (QED) is 0.410. The summed E-state index contributed by atoms with van der Waals surface area (Å²) in [4.78, 5) is 0. The van der Waals surface area contributed by atoms with Crippen LogP contribution in [0.3, 0.4) is 0 Å². The van der Waals surface area contributed by atoms with Crippen LogP contribution >= 0.6 is 0 Å². The fourth-order valence-corrected chi connectivity index (χ4v) is 0. The van der Waals surface area contributed by atoms with E-state index in [4.69, 9.17) is 8.92 Å². The first-order valence-corrected chi connectivity index (χ1v) is 1.22. The Morgan fingerprint density at radius 3 is 1.25 bits per heavy atom. The van der Waals surface area contributed by atoms with Gasteiger partial charge in [0, 0.05) is 0 Å². The first-order chi connectivity index (χ1) is 1.41. The van der Waals surface area contributed by atoms with Crippen LogP contribution < -0.4 is 0 Å². The van der Waals surface area contributed by atoms with Crippen molar-refractivity contribution in [2.75, 3.05) is 0 Å². The summed E-state index contributed by atoms with van der Waals surface area (Å²) in [7, 11) is -1.42. The molecule has 0 rings (SSSR count). The van der Waals surface area contributed by atoms with Crippen LogP contribution in [0.4, 0.5) is 0 Å². The molecule has 22 valence electrons. The summed E-state index contributed by atoms with van der Waals surface area (Å²) >= 11 is 0. The van der Waals surface area contributed by atoms with Crippen LogP contribution in [0.1, 0.15) is 0 Å². The van der Waals surface area contributed by atoms with Crippen molar-refractivity contribution < 1.29 is 8.92 Å². The molecule has 0 aromatic rings. The van der Waals surface area contributed by atoms with Gasteiger partial charge in [-0.05, 0) is 0 Å². The van der Waals surface area contributed by atoms with Gasteiger partial charge in [0.25, 0.3) is 0 Å². The zero-order chi connectivity index (χ0) is 2.71. The van der Waals surface area contributed by atoms with Crippen LogP contribution in [0.25, 0.3) is 0 Å². The molecule has 4 heavy (non-hydrogen) atoms. The van der Waals surface area contributed by atoms with Gasteiger partial charge in [0.15, 0.2) is 0 Å². The minimum atomic E-state index is -1.42. The molecule has 0 bridgehead atoms. The molecule has 0 aliphatic heterocycles. The Labute approximate surface area is 44.3 Å². The van der Waals surface area contributed by atoms with Crippen LogP contribution in [0.15, 0.2) is 0 Å². The van der Waals surface area contributed by atoms with E-state index in [-0.39, 0.29) is 25.8 Å². The van der Waals surface area contributed by atoms with Gasteiger partial charge in [-0.1, -0.05) is 0 Å². The zero-order valence-corrected chi connectivity index (χ0v) is 2.32. The maximum atomic E-state index is 8.40. The van der Waals surface area contributed by atoms with E-state index in [0.29, 0.717) is 0 Å². The van der Waals surface area contributed by atoms with E-state index in [1.54, 1.807) is 0 Å². The summed E-state index contributed by atoms with van der Waals surface area (Å²) in [6.45, 7) is 0. The predicted molar refractivity (Wildman–Crippen MR) is 17.1 cm³/mol. The molecule has 0 radical (unpaired) electrons. The first kappa shape index (κ1) is 8.82. The average molecular weight is 178 g/mol. The fraction of sp³-hybridized carbons (Fsp3) is 0. The summed E-state index contributed by atoms with van der Waals surface area (Å²) in [6, 6.07) is 0. The predicted octanol–water partition coefficient (Wildman–Crippen LogP) is -1.80. The van der Waals surface area contributed by atoms with E-state index in [1.807, 2.05) is 0 Å². The molecule has 4 heteroatoms. The van der Waals surface area contributed by atoms with Crippen LogP contribution in [-0.4, -0.2) is 35.1 Å². The summed E-state index contributed by atoms with van der Waals surface area (Å²) in [5, 5.41) is 0. The van der Waals surface area contributed by atoms with E-state index in [0.717, 1.165) is 0 Å². The Hall–Kier alpha value is 0.687. The third kappa shape index (κ3) is 16.2. The summed E-state index contributed by atoms with van der Waals surface area (Å²) in [5.74, 6) is 0. The van der Waals surface area contributed by atoms with Crippen molar-refractivity contribution in [3.8, 4) is 0 Å². The zero-order valence-electron chi connectivity index (χ0n) is 1.32. The Kier molecular flexibility index (Phi) is 20.6. The summed E-state index contributed by atoms with van der Waals surface area (Å²) in [5.41, 5.74) is 0. The molecule has 0 aromatic carbocycles. The van der Waals surface area contributed by atoms with Crippen LogP contribution in [0.2, 0.25) is 0 Å². The van der Waals surface area contributed by atoms with E-state index in [1.165, 1.54) is 0 Å². The molecule has 2 nitrogen and oxygen atoms in total. The van der Waals surface area contributed by atoms with Gasteiger partial charge < -0.3 is 0 Å². The van der Waals surface area contributed by atoms with Gasteiger partial charge in [0.1, 0.15) is 0 Å². The second-order valence-electron chi connectivity index (χ2n) is 0.0833. The van der Waals surface area contributed by atoms with Gasteiger partial charge in [-0.25, -0.2) is 0 Å². The SMILES string of the molecule is O=[Si]=O.[InH3]. The molecule has 0 aromatic heterocycles. The van der Waals surface area contributed by atoms with Gasteiger partial charge >= 0.3 is 35.1 Å². The maximum absolute atomic E-state index is 8.40. The van der Waals surface area contributed by atoms with E-state index < -0.39 is 9.29 Å². The van der Waals surface area contributed by atoms with Crippen molar-refractivity contribution in [3.63, 3.8) is 0 Å². The molecule has 0 aliphatic rings. The molecule has 0 heterocycles. The minimum absolute atomic E-state index is 0.